The van der Waals surface area contributed by atoms with Crippen molar-refractivity contribution in [1.29, 1.82) is 0 Å². The van der Waals surface area contributed by atoms with Crippen LogP contribution in [-0.2, 0) is 16.0 Å². The molecule has 0 bridgehead atoms. The molecule has 0 aromatic heterocycles. The number of hydrogen-bond donors (Lipinski definition) is 1. The standard InChI is InChI=1S/C15H18ClNO3/c1-10-3-2-8-17(14(10)15(19)20)13(18)9-11-4-6-12(16)7-5-11/h4-7,10,14H,2-3,8-9H2,1H3,(H,19,20). The van der Waals surface area contributed by atoms with Crippen molar-refractivity contribution in [3.05, 3.63) is 34.9 Å². The van der Waals surface area contributed by atoms with Gasteiger partial charge in [-0.1, -0.05) is 30.7 Å². The molecule has 0 radical (unpaired) electrons. The summed E-state index contributed by atoms with van der Waals surface area (Å²) < 4.78 is 0. The molecule has 1 aliphatic rings. The number of halogens is 1. The monoisotopic (exact) mass is 295 g/mol. The maximum Gasteiger partial charge on any atom is 0.326 e. The molecule has 2 unspecified atom stereocenters. The van der Waals surface area contributed by atoms with Gasteiger partial charge in [-0.3, -0.25) is 4.79 Å². The molecule has 0 aliphatic carbocycles. The lowest BCUT2D eigenvalue weighted by Gasteiger charge is -2.37. The number of likely N-dealkylation sites (tertiary alicyclic amines) is 1. The second kappa shape index (κ2) is 6.27. The van der Waals surface area contributed by atoms with Crippen molar-refractivity contribution in [3.8, 4) is 0 Å². The fraction of sp³-hybridized carbons (Fsp3) is 0.467. The molecule has 1 saturated heterocycles. The molecule has 0 saturated carbocycles. The third kappa shape index (κ3) is 3.31. The summed E-state index contributed by atoms with van der Waals surface area (Å²) in [4.78, 5) is 25.2. The van der Waals surface area contributed by atoms with Gasteiger partial charge in [0.15, 0.2) is 0 Å². The molecule has 2 atom stereocenters. The number of benzene rings is 1. The predicted octanol–water partition coefficient (Wildman–Crippen LogP) is 2.59. The van der Waals surface area contributed by atoms with Gasteiger partial charge in [0.05, 0.1) is 6.42 Å². The Morgan fingerprint density at radius 1 is 1.35 bits per heavy atom. The van der Waals surface area contributed by atoms with Crippen LogP contribution in [0.2, 0.25) is 5.02 Å². The van der Waals surface area contributed by atoms with Gasteiger partial charge in [0.2, 0.25) is 5.91 Å². The first-order valence-electron chi connectivity index (χ1n) is 6.75. The molecule has 1 fully saturated rings. The molecule has 1 aromatic rings. The molecule has 20 heavy (non-hydrogen) atoms. The number of carbonyl (C=O) groups is 2. The quantitative estimate of drug-likeness (QED) is 0.932. The predicted molar refractivity (Wildman–Crippen MR) is 76.7 cm³/mol. The van der Waals surface area contributed by atoms with Crippen LogP contribution in [0.5, 0.6) is 0 Å². The molecule has 1 aromatic carbocycles. The zero-order valence-electron chi connectivity index (χ0n) is 11.4. The van der Waals surface area contributed by atoms with Gasteiger partial charge in [0.1, 0.15) is 6.04 Å². The van der Waals surface area contributed by atoms with E-state index in [1.54, 1.807) is 24.3 Å². The van der Waals surface area contributed by atoms with Crippen LogP contribution in [0.4, 0.5) is 0 Å². The zero-order chi connectivity index (χ0) is 14.7. The van der Waals surface area contributed by atoms with Crippen molar-refractivity contribution < 1.29 is 14.7 Å². The van der Waals surface area contributed by atoms with Gasteiger partial charge in [0, 0.05) is 11.6 Å². The van der Waals surface area contributed by atoms with Crippen molar-refractivity contribution in [2.75, 3.05) is 6.54 Å². The SMILES string of the molecule is CC1CCCN(C(=O)Cc2ccc(Cl)cc2)C1C(=O)O. The number of aliphatic carboxylic acids is 1. The minimum Gasteiger partial charge on any atom is -0.480 e. The smallest absolute Gasteiger partial charge is 0.326 e. The summed E-state index contributed by atoms with van der Waals surface area (Å²) in [7, 11) is 0. The van der Waals surface area contributed by atoms with Gasteiger partial charge >= 0.3 is 5.97 Å². The zero-order valence-corrected chi connectivity index (χ0v) is 12.1. The second-order valence-corrected chi connectivity index (χ2v) is 5.73. The third-order valence-corrected chi connectivity index (χ3v) is 4.03. The average molecular weight is 296 g/mol. The number of piperidine rings is 1. The van der Waals surface area contributed by atoms with E-state index in [0.29, 0.717) is 11.6 Å². The summed E-state index contributed by atoms with van der Waals surface area (Å²) >= 11 is 5.81. The lowest BCUT2D eigenvalue weighted by atomic mass is 9.90. The first-order chi connectivity index (χ1) is 9.49. The van der Waals surface area contributed by atoms with Crippen LogP contribution in [0.3, 0.4) is 0 Å². The lowest BCUT2D eigenvalue weighted by molar-refractivity contribution is -0.154. The second-order valence-electron chi connectivity index (χ2n) is 5.29. The normalized spacial score (nSPS) is 22.6. The number of hydrogen-bond acceptors (Lipinski definition) is 2. The Kier molecular flexibility index (Phi) is 4.65. The molecule has 2 rings (SSSR count). The number of carboxylic acid groups (broad SMARTS) is 1. The van der Waals surface area contributed by atoms with Crippen LogP contribution in [0, 0.1) is 5.92 Å². The van der Waals surface area contributed by atoms with Crippen LogP contribution < -0.4 is 0 Å². The number of amides is 1. The van der Waals surface area contributed by atoms with Crippen LogP contribution in [0.1, 0.15) is 25.3 Å². The van der Waals surface area contributed by atoms with Gasteiger partial charge in [0.25, 0.3) is 0 Å². The summed E-state index contributed by atoms with van der Waals surface area (Å²) in [6, 6.07) is 6.35. The molecule has 1 aliphatic heterocycles. The van der Waals surface area contributed by atoms with E-state index in [1.807, 2.05) is 6.92 Å². The molecule has 4 nitrogen and oxygen atoms in total. The van der Waals surface area contributed by atoms with E-state index < -0.39 is 12.0 Å². The minimum absolute atomic E-state index is 0.00424. The number of rotatable bonds is 3. The number of carboxylic acids is 1. The van der Waals surface area contributed by atoms with Gasteiger partial charge in [-0.15, -0.1) is 0 Å². The van der Waals surface area contributed by atoms with Crippen molar-refractivity contribution in [2.45, 2.75) is 32.2 Å². The maximum absolute atomic E-state index is 12.3. The minimum atomic E-state index is -0.915. The summed E-state index contributed by atoms with van der Waals surface area (Å²) in [5, 5.41) is 9.94. The van der Waals surface area contributed by atoms with Crippen LogP contribution in [0.15, 0.2) is 24.3 Å². The molecule has 0 spiro atoms. The van der Waals surface area contributed by atoms with Gasteiger partial charge in [-0.2, -0.15) is 0 Å². The Balaban J connectivity index is 2.10. The van der Waals surface area contributed by atoms with Crippen LogP contribution >= 0.6 is 11.6 Å². The fourth-order valence-electron chi connectivity index (χ4n) is 2.72. The van der Waals surface area contributed by atoms with Gasteiger partial charge in [-0.25, -0.2) is 4.79 Å². The topological polar surface area (TPSA) is 57.6 Å². The van der Waals surface area contributed by atoms with Crippen LogP contribution in [-0.4, -0.2) is 34.5 Å². The Morgan fingerprint density at radius 3 is 2.60 bits per heavy atom. The molecular formula is C15H18ClNO3. The lowest BCUT2D eigenvalue weighted by Crippen LogP contribution is -2.52. The van der Waals surface area contributed by atoms with Gasteiger partial charge < -0.3 is 10.0 Å². The van der Waals surface area contributed by atoms with Crippen molar-refractivity contribution in [2.24, 2.45) is 5.92 Å². The molecule has 1 heterocycles. The summed E-state index contributed by atoms with van der Waals surface area (Å²) in [6.45, 7) is 2.41. The highest BCUT2D eigenvalue weighted by Gasteiger charge is 2.36. The first kappa shape index (κ1) is 14.9. The highest BCUT2D eigenvalue weighted by atomic mass is 35.5. The van der Waals surface area contributed by atoms with Crippen molar-refractivity contribution in [1.82, 2.24) is 4.90 Å². The molecular weight excluding hydrogens is 278 g/mol. The molecule has 5 heteroatoms. The first-order valence-corrected chi connectivity index (χ1v) is 7.13. The van der Waals surface area contributed by atoms with Crippen molar-refractivity contribution >= 4 is 23.5 Å². The number of nitrogens with zero attached hydrogens (tertiary/aromatic N) is 1. The summed E-state index contributed by atoms with van der Waals surface area (Å²) in [5.41, 5.74) is 0.849. The van der Waals surface area contributed by atoms with E-state index in [9.17, 15) is 14.7 Å². The Morgan fingerprint density at radius 2 is 2.00 bits per heavy atom. The average Bonchev–Trinajstić information content (AvgIpc) is 2.40. The fourth-order valence-corrected chi connectivity index (χ4v) is 2.85. The van der Waals surface area contributed by atoms with E-state index >= 15 is 0 Å². The van der Waals surface area contributed by atoms with E-state index in [4.69, 9.17) is 11.6 Å². The highest BCUT2D eigenvalue weighted by molar-refractivity contribution is 6.30. The number of carbonyl (C=O) groups excluding carboxylic acids is 1. The Labute approximate surface area is 123 Å². The third-order valence-electron chi connectivity index (χ3n) is 3.78. The van der Waals surface area contributed by atoms with E-state index in [1.165, 1.54) is 4.90 Å². The van der Waals surface area contributed by atoms with Crippen molar-refractivity contribution in [3.63, 3.8) is 0 Å². The maximum atomic E-state index is 12.3. The Bertz CT molecular complexity index is 500. The largest absolute Gasteiger partial charge is 0.480 e. The van der Waals surface area contributed by atoms with E-state index in [0.717, 1.165) is 18.4 Å². The molecule has 1 amide bonds. The molecule has 108 valence electrons. The summed E-state index contributed by atoms with van der Waals surface area (Å²) in [5.74, 6) is -1.05. The molecule has 1 N–H and O–H groups in total. The Hall–Kier alpha value is -1.55. The highest BCUT2D eigenvalue weighted by Crippen LogP contribution is 2.24. The van der Waals surface area contributed by atoms with Crippen LogP contribution in [0.25, 0.3) is 0 Å². The summed E-state index contributed by atoms with van der Waals surface area (Å²) in [6.07, 6.45) is 1.92. The van der Waals surface area contributed by atoms with Gasteiger partial charge in [-0.05, 0) is 36.5 Å². The van der Waals surface area contributed by atoms with E-state index in [2.05, 4.69) is 0 Å². The van der Waals surface area contributed by atoms with E-state index in [-0.39, 0.29) is 18.2 Å².